The number of hydrogen-bond donors (Lipinski definition) is 3. The van der Waals surface area contributed by atoms with Crippen LogP contribution in [0.4, 0.5) is 0 Å². The first kappa shape index (κ1) is 40.1. The largest absolute Gasteiger partial charge is 0.352 e. The molecule has 10 heteroatoms. The molecular weight excluding hydrogens is 755 g/mol. The van der Waals surface area contributed by atoms with Crippen molar-refractivity contribution >= 4 is 50.0 Å². The van der Waals surface area contributed by atoms with E-state index in [1.165, 1.54) is 89.9 Å². The van der Waals surface area contributed by atoms with Crippen molar-refractivity contribution in [3.8, 4) is 45.6 Å². The van der Waals surface area contributed by atoms with Crippen LogP contribution in [0.3, 0.4) is 0 Å². The Morgan fingerprint density at radius 3 is 1.33 bits per heavy atom. The van der Waals surface area contributed by atoms with Gasteiger partial charge in [0.15, 0.2) is 23.3 Å². The highest BCUT2D eigenvalue weighted by Gasteiger charge is 2.24. The predicted molar refractivity (Wildman–Crippen MR) is 248 cm³/mol. The molecule has 0 saturated heterocycles. The molecule has 0 saturated carbocycles. The molecule has 1 amide bonds. The number of hydrogen-bond acceptors (Lipinski definition) is 7. The lowest BCUT2D eigenvalue weighted by Gasteiger charge is -2.07. The Hall–Kier alpha value is -6.29. The summed E-state index contributed by atoms with van der Waals surface area (Å²) in [6.07, 6.45) is 21.0. The van der Waals surface area contributed by atoms with E-state index >= 15 is 0 Å². The first-order chi connectivity index (χ1) is 30.2. The summed E-state index contributed by atoms with van der Waals surface area (Å²) in [6, 6.07) is 29.8. The van der Waals surface area contributed by atoms with E-state index < -0.39 is 0 Å². The summed E-state index contributed by atoms with van der Waals surface area (Å²) in [7, 11) is 0. The van der Waals surface area contributed by atoms with E-state index in [0.29, 0.717) is 63.4 Å². The summed E-state index contributed by atoms with van der Waals surface area (Å²) in [5.74, 6) is 2.01. The number of rotatable bonds is 18. The highest BCUT2D eigenvalue weighted by atomic mass is 16.1. The Labute approximate surface area is 357 Å². The second kappa shape index (κ2) is 19.0. The Morgan fingerprint density at radius 2 is 0.820 bits per heavy atom. The molecule has 310 valence electrons. The van der Waals surface area contributed by atoms with Gasteiger partial charge in [-0.2, -0.15) is 0 Å². The van der Waals surface area contributed by atoms with Crippen LogP contribution in [0.15, 0.2) is 91.0 Å². The zero-order valence-corrected chi connectivity index (χ0v) is 35.3. The number of aromatic amines is 2. The molecule has 3 N–H and O–H groups in total. The first-order valence-electron chi connectivity index (χ1n) is 22.7. The molecule has 2 aliphatic heterocycles. The van der Waals surface area contributed by atoms with Crippen molar-refractivity contribution in [3.63, 3.8) is 0 Å². The molecule has 10 nitrogen and oxygen atoms in total. The summed E-state index contributed by atoms with van der Waals surface area (Å²) < 4.78 is 0. The molecule has 0 unspecified atom stereocenters. The molecule has 0 atom stereocenters. The van der Waals surface area contributed by atoms with E-state index in [-0.39, 0.29) is 5.91 Å². The average Bonchev–Trinajstić information content (AvgIpc) is 4.03. The Kier molecular flexibility index (Phi) is 12.5. The molecule has 8 bridgehead atoms. The van der Waals surface area contributed by atoms with Crippen LogP contribution in [0.2, 0.25) is 0 Å². The van der Waals surface area contributed by atoms with Gasteiger partial charge in [-0.1, -0.05) is 188 Å². The predicted octanol–water partition coefficient (Wildman–Crippen LogP) is 12.9. The quantitative estimate of drug-likeness (QED) is 0.0734. The third-order valence-corrected chi connectivity index (χ3v) is 12.1. The average molecular weight is 810 g/mol. The van der Waals surface area contributed by atoms with Crippen molar-refractivity contribution in [2.45, 2.75) is 110 Å². The zero-order valence-electron chi connectivity index (χ0n) is 35.3. The second-order valence-corrected chi connectivity index (χ2v) is 16.5. The van der Waals surface area contributed by atoms with Crippen molar-refractivity contribution in [1.29, 1.82) is 0 Å². The lowest BCUT2D eigenvalue weighted by atomic mass is 10.0. The normalized spacial score (nSPS) is 11.9. The van der Waals surface area contributed by atoms with Crippen molar-refractivity contribution in [3.05, 3.63) is 96.6 Å². The highest BCUT2D eigenvalue weighted by Crippen LogP contribution is 2.38. The van der Waals surface area contributed by atoms with E-state index in [2.05, 4.69) is 22.2 Å². The highest BCUT2D eigenvalue weighted by molar-refractivity contribution is 6.17. The van der Waals surface area contributed by atoms with E-state index in [4.69, 9.17) is 29.9 Å². The summed E-state index contributed by atoms with van der Waals surface area (Å²) in [5.41, 5.74) is 6.36. The van der Waals surface area contributed by atoms with Gasteiger partial charge in [-0.25, -0.2) is 29.9 Å². The van der Waals surface area contributed by atoms with E-state index in [9.17, 15) is 4.79 Å². The van der Waals surface area contributed by atoms with Crippen molar-refractivity contribution in [2.24, 2.45) is 0 Å². The van der Waals surface area contributed by atoms with Gasteiger partial charge in [0.25, 0.3) is 5.91 Å². The van der Waals surface area contributed by atoms with Crippen LogP contribution in [0.5, 0.6) is 0 Å². The number of fused-ring (bicyclic) bond motifs is 20. The van der Waals surface area contributed by atoms with Gasteiger partial charge in [0, 0.05) is 50.3 Å². The van der Waals surface area contributed by atoms with Crippen LogP contribution in [0, 0.1) is 0 Å². The number of H-pyrrole nitrogens is 2. The summed E-state index contributed by atoms with van der Waals surface area (Å²) in [4.78, 5) is 51.4. The summed E-state index contributed by atoms with van der Waals surface area (Å²) in [5, 5.41) is 6.49. The number of carbonyl (C=O) groups excluding carboxylic acids is 1. The molecule has 0 aliphatic carbocycles. The van der Waals surface area contributed by atoms with Crippen molar-refractivity contribution in [2.75, 3.05) is 6.54 Å². The van der Waals surface area contributed by atoms with Gasteiger partial charge in [0.2, 0.25) is 0 Å². The van der Waals surface area contributed by atoms with E-state index in [0.717, 1.165) is 51.3 Å². The number of nitrogens with zero attached hydrogens (tertiary/aromatic N) is 6. The minimum Gasteiger partial charge on any atom is -0.352 e. The van der Waals surface area contributed by atoms with Gasteiger partial charge >= 0.3 is 0 Å². The SMILES string of the molecule is CCCCCCCCCCCCCCCCCCNC(=O)c1cccc2c3nc4nc(nc5nc(nc6[nH]c(nc([nH]3)c12)c1ccccc61)-c1ccccc1-5)-c1ccccc1-4. The molecule has 9 rings (SSSR count). The van der Waals surface area contributed by atoms with Crippen molar-refractivity contribution in [1.82, 2.24) is 45.2 Å². The fourth-order valence-electron chi connectivity index (χ4n) is 8.85. The Morgan fingerprint density at radius 1 is 0.426 bits per heavy atom. The molecule has 3 aromatic heterocycles. The summed E-state index contributed by atoms with van der Waals surface area (Å²) >= 11 is 0. The van der Waals surface area contributed by atoms with E-state index in [1.807, 2.05) is 91.0 Å². The number of nitrogens with one attached hydrogen (secondary N) is 3. The van der Waals surface area contributed by atoms with Gasteiger partial charge in [-0.05, 0) is 12.5 Å². The van der Waals surface area contributed by atoms with Gasteiger partial charge in [-0.15, -0.1) is 0 Å². The maximum Gasteiger partial charge on any atom is 0.252 e. The Balaban J connectivity index is 0.975. The third kappa shape index (κ3) is 8.81. The Bertz CT molecular complexity index is 2840. The molecule has 2 aliphatic rings. The molecular formula is C51H55N9O. The molecule has 0 radical (unpaired) electrons. The fraction of sp³-hybridized carbons (Fsp3) is 0.353. The lowest BCUT2D eigenvalue weighted by Crippen LogP contribution is -2.24. The third-order valence-electron chi connectivity index (χ3n) is 12.1. The molecule has 0 spiro atoms. The maximum atomic E-state index is 14.0. The molecule has 7 aromatic rings. The van der Waals surface area contributed by atoms with E-state index in [1.54, 1.807) is 0 Å². The fourth-order valence-corrected chi connectivity index (χ4v) is 8.85. The summed E-state index contributed by atoms with van der Waals surface area (Å²) in [6.45, 7) is 2.90. The number of benzene rings is 4. The number of carbonyl (C=O) groups is 1. The number of amides is 1. The van der Waals surface area contributed by atoms with Crippen molar-refractivity contribution < 1.29 is 4.79 Å². The number of unbranched alkanes of at least 4 members (excludes halogenated alkanes) is 15. The van der Waals surface area contributed by atoms with Gasteiger partial charge in [-0.3, -0.25) is 4.79 Å². The molecule has 4 aromatic carbocycles. The first-order valence-corrected chi connectivity index (χ1v) is 22.7. The second-order valence-electron chi connectivity index (χ2n) is 16.5. The van der Waals surface area contributed by atoms with Crippen LogP contribution in [-0.2, 0) is 0 Å². The molecule has 61 heavy (non-hydrogen) atoms. The van der Waals surface area contributed by atoms with Gasteiger partial charge in [0.05, 0.1) is 5.56 Å². The van der Waals surface area contributed by atoms with Gasteiger partial charge < -0.3 is 15.3 Å². The standard InChI is InChI=1S/C51H55N9O/c1-2-3-4-5-6-7-8-9-10-11-12-13-14-15-16-23-33-52-51(61)41-32-24-31-40-42(41)50-59-48-39-30-22-21-29-38(39)46(57-48)55-44-35-26-18-17-25-34(35)43(53-44)54-45-36-27-19-20-28-37(36)47(56-45)58-49(40)60-50/h17-22,24-32H,2-16,23,33H2,1H3,(H,52,61)(H2,53,54,55,56,57,58,59,60). The molecule has 5 heterocycles. The van der Waals surface area contributed by atoms with Crippen LogP contribution in [0.1, 0.15) is 120 Å². The smallest absolute Gasteiger partial charge is 0.252 e. The monoisotopic (exact) mass is 809 g/mol. The van der Waals surface area contributed by atoms with Crippen LogP contribution < -0.4 is 5.32 Å². The minimum atomic E-state index is -0.130. The topological polar surface area (TPSA) is 138 Å². The van der Waals surface area contributed by atoms with Crippen LogP contribution in [0.25, 0.3) is 89.7 Å². The van der Waals surface area contributed by atoms with Gasteiger partial charge in [0.1, 0.15) is 22.6 Å². The van der Waals surface area contributed by atoms with Crippen LogP contribution >= 0.6 is 0 Å². The number of aromatic nitrogens is 8. The zero-order chi connectivity index (χ0) is 41.4. The van der Waals surface area contributed by atoms with Crippen LogP contribution in [-0.4, -0.2) is 52.3 Å². The minimum absolute atomic E-state index is 0.130. The maximum absolute atomic E-state index is 14.0. The lowest BCUT2D eigenvalue weighted by molar-refractivity contribution is 0.0954. The molecule has 0 fully saturated rings.